The number of halogens is 1. The van der Waals surface area contributed by atoms with Crippen molar-refractivity contribution >= 4 is 34.3 Å². The maximum atomic E-state index is 6.26. The molecule has 0 amide bonds. The molecule has 8 nitrogen and oxygen atoms in total. The third kappa shape index (κ3) is 3.83. The van der Waals surface area contributed by atoms with Crippen LogP contribution in [0.2, 0.25) is 5.02 Å². The van der Waals surface area contributed by atoms with Crippen molar-refractivity contribution in [3.63, 3.8) is 0 Å². The molecule has 0 saturated carbocycles. The normalized spacial score (nSPS) is 17.5. The van der Waals surface area contributed by atoms with Gasteiger partial charge in [-0.15, -0.1) is 0 Å². The van der Waals surface area contributed by atoms with Crippen molar-refractivity contribution in [1.29, 1.82) is 0 Å². The lowest BCUT2D eigenvalue weighted by atomic mass is 10.00. The Hall–Kier alpha value is -3.33. The van der Waals surface area contributed by atoms with Crippen LogP contribution >= 0.6 is 11.6 Å². The van der Waals surface area contributed by atoms with Gasteiger partial charge < -0.3 is 20.1 Å². The van der Waals surface area contributed by atoms with Crippen LogP contribution in [0.3, 0.4) is 0 Å². The highest BCUT2D eigenvalue weighted by Gasteiger charge is 2.40. The summed E-state index contributed by atoms with van der Waals surface area (Å²) in [5.41, 5.74) is 10.2. The highest BCUT2D eigenvalue weighted by atomic mass is 35.5. The van der Waals surface area contributed by atoms with Gasteiger partial charge in [-0.1, -0.05) is 23.7 Å². The van der Waals surface area contributed by atoms with E-state index in [1.54, 1.807) is 0 Å². The standard InChI is InChI=1S/C25H23ClN6O2/c26-18-3-1-2-16(12-18)19-13-20(31-24-22(19)23(27)29-15-30-24)17-4-5-21(28-14-17)32-8-6-25(7-9-32)33-10-11-34-25/h1-5,12-15H,6-11H2,(H2,27,29,30,31). The number of nitrogens with two attached hydrogens (primary N) is 1. The zero-order valence-electron chi connectivity index (χ0n) is 18.4. The topological polar surface area (TPSA) is 99.3 Å². The number of pyridine rings is 2. The molecule has 2 saturated heterocycles. The van der Waals surface area contributed by atoms with Crippen LogP contribution in [0, 0.1) is 0 Å². The number of piperidine rings is 1. The molecule has 0 unspecified atom stereocenters. The molecule has 2 aliphatic heterocycles. The van der Waals surface area contributed by atoms with Crippen molar-refractivity contribution < 1.29 is 9.47 Å². The Labute approximate surface area is 201 Å². The first-order chi connectivity index (χ1) is 16.6. The van der Waals surface area contributed by atoms with Crippen molar-refractivity contribution in [2.75, 3.05) is 36.9 Å². The summed E-state index contributed by atoms with van der Waals surface area (Å²) in [7, 11) is 0. The molecular formula is C25H23ClN6O2. The van der Waals surface area contributed by atoms with E-state index < -0.39 is 5.79 Å². The highest BCUT2D eigenvalue weighted by molar-refractivity contribution is 6.31. The Morgan fingerprint density at radius 3 is 2.50 bits per heavy atom. The molecular weight excluding hydrogens is 452 g/mol. The number of anilines is 2. The van der Waals surface area contributed by atoms with Crippen LogP contribution in [0.1, 0.15) is 12.8 Å². The summed E-state index contributed by atoms with van der Waals surface area (Å²) in [6.07, 6.45) is 4.96. The molecule has 2 aliphatic rings. The summed E-state index contributed by atoms with van der Waals surface area (Å²) in [4.78, 5) is 20.3. The molecule has 0 radical (unpaired) electrons. The summed E-state index contributed by atoms with van der Waals surface area (Å²) < 4.78 is 11.7. The fourth-order valence-corrected chi connectivity index (χ4v) is 4.90. The van der Waals surface area contributed by atoms with Crippen LogP contribution in [0.25, 0.3) is 33.4 Å². The summed E-state index contributed by atoms with van der Waals surface area (Å²) in [6, 6.07) is 13.7. The van der Waals surface area contributed by atoms with Gasteiger partial charge in [-0.2, -0.15) is 0 Å². The van der Waals surface area contributed by atoms with Gasteiger partial charge in [-0.25, -0.2) is 19.9 Å². The van der Waals surface area contributed by atoms with Crippen LogP contribution in [-0.2, 0) is 9.47 Å². The molecule has 9 heteroatoms. The molecule has 6 rings (SSSR count). The summed E-state index contributed by atoms with van der Waals surface area (Å²) >= 11 is 6.26. The molecule has 5 heterocycles. The molecule has 0 atom stereocenters. The van der Waals surface area contributed by atoms with Gasteiger partial charge in [0.05, 0.1) is 24.3 Å². The molecule has 2 N–H and O–H groups in total. The number of hydrogen-bond acceptors (Lipinski definition) is 8. The number of fused-ring (bicyclic) bond motifs is 1. The fourth-order valence-electron chi connectivity index (χ4n) is 4.71. The average molecular weight is 475 g/mol. The zero-order chi connectivity index (χ0) is 23.1. The van der Waals surface area contributed by atoms with E-state index >= 15 is 0 Å². The lowest BCUT2D eigenvalue weighted by Crippen LogP contribution is -2.45. The minimum atomic E-state index is -0.397. The zero-order valence-corrected chi connectivity index (χ0v) is 19.2. The smallest absolute Gasteiger partial charge is 0.171 e. The number of aromatic nitrogens is 4. The van der Waals surface area contributed by atoms with E-state index in [2.05, 4.69) is 14.9 Å². The van der Waals surface area contributed by atoms with Crippen LogP contribution < -0.4 is 10.6 Å². The molecule has 3 aromatic heterocycles. The predicted octanol–water partition coefficient (Wildman–Crippen LogP) is 4.33. The van der Waals surface area contributed by atoms with Gasteiger partial charge in [-0.05, 0) is 41.5 Å². The Kier molecular flexibility index (Phi) is 5.28. The molecule has 1 aromatic carbocycles. The predicted molar refractivity (Wildman–Crippen MR) is 132 cm³/mol. The minimum Gasteiger partial charge on any atom is -0.383 e. The summed E-state index contributed by atoms with van der Waals surface area (Å²) in [5.74, 6) is 0.913. The monoisotopic (exact) mass is 474 g/mol. The van der Waals surface area contributed by atoms with E-state index in [-0.39, 0.29) is 0 Å². The maximum absolute atomic E-state index is 6.26. The van der Waals surface area contributed by atoms with Gasteiger partial charge in [-0.3, -0.25) is 0 Å². The number of benzene rings is 1. The van der Waals surface area contributed by atoms with Gasteiger partial charge in [0.15, 0.2) is 11.4 Å². The Morgan fingerprint density at radius 2 is 1.76 bits per heavy atom. The van der Waals surface area contributed by atoms with Gasteiger partial charge in [0.2, 0.25) is 0 Å². The molecule has 172 valence electrons. The van der Waals surface area contributed by atoms with Crippen LogP contribution in [0.15, 0.2) is 55.0 Å². The molecule has 0 aliphatic carbocycles. The first kappa shape index (κ1) is 21.2. The summed E-state index contributed by atoms with van der Waals surface area (Å²) in [5, 5.41) is 1.35. The van der Waals surface area contributed by atoms with Gasteiger partial charge in [0.1, 0.15) is 18.0 Å². The first-order valence-corrected chi connectivity index (χ1v) is 11.6. The third-order valence-corrected chi connectivity index (χ3v) is 6.71. The van der Waals surface area contributed by atoms with Crippen molar-refractivity contribution in [2.24, 2.45) is 0 Å². The highest BCUT2D eigenvalue weighted by Crippen LogP contribution is 2.36. The summed E-state index contributed by atoms with van der Waals surface area (Å²) in [6.45, 7) is 3.05. The van der Waals surface area contributed by atoms with Crippen LogP contribution in [-0.4, -0.2) is 52.0 Å². The van der Waals surface area contributed by atoms with Crippen molar-refractivity contribution in [3.05, 3.63) is 60.0 Å². The van der Waals surface area contributed by atoms with Crippen LogP contribution in [0.5, 0.6) is 0 Å². The minimum absolute atomic E-state index is 0.380. The van der Waals surface area contributed by atoms with Gasteiger partial charge in [0, 0.05) is 42.7 Å². The number of rotatable bonds is 3. The largest absolute Gasteiger partial charge is 0.383 e. The second-order valence-corrected chi connectivity index (χ2v) is 8.96. The second kappa shape index (κ2) is 8.47. The number of nitrogens with zero attached hydrogens (tertiary/aromatic N) is 5. The Morgan fingerprint density at radius 1 is 0.941 bits per heavy atom. The van der Waals surface area contributed by atoms with E-state index in [1.807, 2.05) is 48.7 Å². The first-order valence-electron chi connectivity index (χ1n) is 11.3. The van der Waals surface area contributed by atoms with E-state index in [1.165, 1.54) is 6.33 Å². The Balaban J connectivity index is 1.33. The lowest BCUT2D eigenvalue weighted by Gasteiger charge is -2.38. The van der Waals surface area contributed by atoms with Crippen molar-refractivity contribution in [1.82, 2.24) is 19.9 Å². The van der Waals surface area contributed by atoms with E-state index in [0.717, 1.165) is 54.1 Å². The van der Waals surface area contributed by atoms with Crippen molar-refractivity contribution in [2.45, 2.75) is 18.6 Å². The van der Waals surface area contributed by atoms with Gasteiger partial charge in [0.25, 0.3) is 0 Å². The maximum Gasteiger partial charge on any atom is 0.171 e. The van der Waals surface area contributed by atoms with E-state index in [0.29, 0.717) is 35.1 Å². The molecule has 34 heavy (non-hydrogen) atoms. The van der Waals surface area contributed by atoms with E-state index in [4.69, 9.17) is 36.8 Å². The average Bonchev–Trinajstić information content (AvgIpc) is 3.32. The van der Waals surface area contributed by atoms with Gasteiger partial charge >= 0.3 is 0 Å². The quantitative estimate of drug-likeness (QED) is 0.468. The number of ether oxygens (including phenoxy) is 2. The third-order valence-electron chi connectivity index (χ3n) is 6.48. The lowest BCUT2D eigenvalue weighted by molar-refractivity contribution is -0.169. The number of hydrogen-bond donors (Lipinski definition) is 1. The Bertz CT molecular complexity index is 1350. The molecule has 0 bridgehead atoms. The molecule has 2 fully saturated rings. The van der Waals surface area contributed by atoms with Crippen molar-refractivity contribution in [3.8, 4) is 22.4 Å². The molecule has 4 aromatic rings. The van der Waals surface area contributed by atoms with E-state index in [9.17, 15) is 0 Å². The van der Waals surface area contributed by atoms with Crippen LogP contribution in [0.4, 0.5) is 11.6 Å². The number of nitrogen functional groups attached to an aromatic ring is 1. The molecule has 1 spiro atoms. The fraction of sp³-hybridized carbons (Fsp3) is 0.280. The SMILES string of the molecule is Nc1ncnc2nc(-c3ccc(N4CCC5(CC4)OCCO5)nc3)cc(-c3cccc(Cl)c3)c12. The second-order valence-electron chi connectivity index (χ2n) is 8.52.